The monoisotopic (exact) mass is 1030 g/mol. The summed E-state index contributed by atoms with van der Waals surface area (Å²) in [6.07, 6.45) is -1.62. The van der Waals surface area contributed by atoms with Gasteiger partial charge in [-0.2, -0.15) is 0 Å². The number of nitrogens with two attached hydrogens (primary N) is 3. The molecule has 9 amide bonds. The summed E-state index contributed by atoms with van der Waals surface area (Å²) < 4.78 is 0. The van der Waals surface area contributed by atoms with Gasteiger partial charge >= 0.3 is 11.9 Å². The molecule has 72 heavy (non-hydrogen) atoms. The fourth-order valence-electron chi connectivity index (χ4n) is 7.74. The number of primary amides is 1. The summed E-state index contributed by atoms with van der Waals surface area (Å²) >= 11 is 0. The van der Waals surface area contributed by atoms with Crippen molar-refractivity contribution in [3.63, 3.8) is 0 Å². The molecule has 0 aliphatic carbocycles. The van der Waals surface area contributed by atoms with Crippen molar-refractivity contribution in [1.82, 2.24) is 42.1 Å². The molecular weight excluding hydrogens is 947 g/mol. The Morgan fingerprint density at radius 3 is 1.78 bits per heavy atom. The molecule has 0 aromatic heterocycles. The van der Waals surface area contributed by atoms with Crippen LogP contribution in [-0.2, 0) is 57.5 Å². The van der Waals surface area contributed by atoms with Gasteiger partial charge in [0.25, 0.3) is 0 Å². The number of likely N-dealkylation sites (tertiary alicyclic amines) is 1. The predicted molar refractivity (Wildman–Crippen MR) is 258 cm³/mol. The molecule has 1 saturated heterocycles. The quantitative estimate of drug-likeness (QED) is 0.0222. The van der Waals surface area contributed by atoms with Crippen molar-refractivity contribution in [1.29, 1.82) is 0 Å². The minimum atomic E-state index is -1.62. The second-order valence-electron chi connectivity index (χ2n) is 19.3. The number of aliphatic hydroxyl groups excluding tert-OH is 1. The standard InChI is InChI=1S/C46H79N11O15/c1-23(2)19-30(53-42(68)31(20-34(49)60)54-45(71)39(25(5)6)56-41(67)28(48)13-15-36(62)63)33(59)21-35(61)55-38(24(3)4)44(70)50-26(7)40(66)52-29(14-16-37(64)65)46(72)57-18-10-12-32(57)43(69)51-27(22-58)11-8-9-17-47/h22-33,38-39,59H,8-21,47-48H2,1-7H3,(H2,49,60)(H,50,70)(H,51,69)(H,52,66)(H,53,68)(H,54,71)(H,55,61)(H,56,67)(H,62,63)(H,64,65)/t26-,27-,28-,29-,30-,31-,32+,33-,38-,39-/m0/s1. The van der Waals surface area contributed by atoms with E-state index in [0.29, 0.717) is 38.5 Å². The van der Waals surface area contributed by atoms with Crippen LogP contribution >= 0.6 is 0 Å². The number of carbonyl (C=O) groups is 12. The Morgan fingerprint density at radius 1 is 0.667 bits per heavy atom. The van der Waals surface area contributed by atoms with Crippen LogP contribution in [0.5, 0.6) is 0 Å². The number of carbonyl (C=O) groups excluding carboxylic acids is 10. The molecule has 0 bridgehead atoms. The number of aldehydes is 1. The third-order valence-corrected chi connectivity index (χ3v) is 11.8. The van der Waals surface area contributed by atoms with Crippen LogP contribution in [0.1, 0.15) is 126 Å². The number of carboxylic acids is 2. The average molecular weight is 1030 g/mol. The van der Waals surface area contributed by atoms with Gasteiger partial charge in [-0.15, -0.1) is 0 Å². The number of amides is 9. The van der Waals surface area contributed by atoms with Crippen molar-refractivity contribution in [3.8, 4) is 0 Å². The molecule has 10 atom stereocenters. The third-order valence-electron chi connectivity index (χ3n) is 11.8. The van der Waals surface area contributed by atoms with Crippen LogP contribution in [0.15, 0.2) is 0 Å². The van der Waals surface area contributed by atoms with E-state index >= 15 is 0 Å². The molecule has 26 nitrogen and oxygen atoms in total. The summed E-state index contributed by atoms with van der Waals surface area (Å²) in [5.74, 6) is -11.4. The summed E-state index contributed by atoms with van der Waals surface area (Å²) in [6, 6.07) is -11.2. The minimum absolute atomic E-state index is 0.0783. The number of aliphatic carboxylic acids is 2. The lowest BCUT2D eigenvalue weighted by atomic mass is 9.95. The van der Waals surface area contributed by atoms with E-state index in [0.717, 1.165) is 0 Å². The Balaban J connectivity index is 3.14. The van der Waals surface area contributed by atoms with Gasteiger partial charge in [-0.3, -0.25) is 52.7 Å². The average Bonchev–Trinajstić information content (AvgIpc) is 3.79. The van der Waals surface area contributed by atoms with Crippen molar-refractivity contribution in [2.75, 3.05) is 13.1 Å². The van der Waals surface area contributed by atoms with Gasteiger partial charge in [-0.1, -0.05) is 41.5 Å². The molecule has 0 radical (unpaired) electrons. The number of nitrogens with one attached hydrogen (secondary N) is 7. The van der Waals surface area contributed by atoms with Crippen molar-refractivity contribution in [2.24, 2.45) is 35.0 Å². The molecule has 0 unspecified atom stereocenters. The van der Waals surface area contributed by atoms with Gasteiger partial charge in [0.2, 0.25) is 53.2 Å². The fraction of sp³-hybridized carbons (Fsp3) is 0.739. The molecule has 1 aliphatic heterocycles. The predicted octanol–water partition coefficient (Wildman–Crippen LogP) is -3.24. The first kappa shape index (κ1) is 63.7. The van der Waals surface area contributed by atoms with Crippen molar-refractivity contribution in [3.05, 3.63) is 0 Å². The number of hydrogen-bond acceptors (Lipinski definition) is 15. The number of nitrogens with zero attached hydrogens (tertiary/aromatic N) is 1. The molecule has 1 heterocycles. The maximum Gasteiger partial charge on any atom is 0.303 e. The Bertz CT molecular complexity index is 1900. The topological polar surface area (TPSA) is 431 Å². The van der Waals surface area contributed by atoms with E-state index in [4.69, 9.17) is 22.3 Å². The summed E-state index contributed by atoms with van der Waals surface area (Å²) in [5.41, 5.74) is 16.7. The van der Waals surface area contributed by atoms with Gasteiger partial charge in [0.15, 0.2) is 0 Å². The Labute approximate surface area is 419 Å². The van der Waals surface area contributed by atoms with Crippen LogP contribution in [0.2, 0.25) is 0 Å². The highest BCUT2D eigenvalue weighted by molar-refractivity contribution is 5.97. The smallest absolute Gasteiger partial charge is 0.303 e. The van der Waals surface area contributed by atoms with E-state index in [1.807, 2.05) is 0 Å². The van der Waals surface area contributed by atoms with Crippen LogP contribution in [0, 0.1) is 17.8 Å². The highest BCUT2D eigenvalue weighted by Crippen LogP contribution is 2.21. The summed E-state index contributed by atoms with van der Waals surface area (Å²) in [5, 5.41) is 47.2. The molecule has 1 fully saturated rings. The Hall–Kier alpha value is -6.28. The first-order chi connectivity index (χ1) is 33.6. The number of aliphatic hydroxyl groups is 1. The van der Waals surface area contributed by atoms with E-state index < -0.39 is 163 Å². The number of rotatable bonds is 34. The summed E-state index contributed by atoms with van der Waals surface area (Å²) in [7, 11) is 0. The molecule has 1 rings (SSSR count). The first-order valence-electron chi connectivity index (χ1n) is 24.4. The molecule has 26 heteroatoms. The normalized spacial score (nSPS) is 17.2. The minimum Gasteiger partial charge on any atom is -0.481 e. The van der Waals surface area contributed by atoms with Crippen LogP contribution in [-0.4, -0.2) is 165 Å². The van der Waals surface area contributed by atoms with Crippen LogP contribution < -0.4 is 54.4 Å². The lowest BCUT2D eigenvalue weighted by Crippen LogP contribution is -2.59. The number of carboxylic acid groups (broad SMARTS) is 2. The number of unbranched alkanes of at least 4 members (excludes halogenated alkanes) is 1. The van der Waals surface area contributed by atoms with Crippen LogP contribution in [0.25, 0.3) is 0 Å². The zero-order valence-corrected chi connectivity index (χ0v) is 42.4. The Kier molecular flexibility index (Phi) is 28.3. The summed E-state index contributed by atoms with van der Waals surface area (Å²) in [4.78, 5) is 155. The molecular formula is C46H79N11O15. The molecule has 0 spiro atoms. The molecule has 1 aliphatic rings. The van der Waals surface area contributed by atoms with Crippen molar-refractivity contribution in [2.45, 2.75) is 186 Å². The largest absolute Gasteiger partial charge is 0.481 e. The Morgan fingerprint density at radius 2 is 1.24 bits per heavy atom. The van der Waals surface area contributed by atoms with E-state index in [2.05, 4.69) is 37.2 Å². The highest BCUT2D eigenvalue weighted by Gasteiger charge is 2.40. The van der Waals surface area contributed by atoms with Crippen LogP contribution in [0.3, 0.4) is 0 Å². The first-order valence-corrected chi connectivity index (χ1v) is 24.4. The van der Waals surface area contributed by atoms with Gasteiger partial charge in [0, 0.05) is 19.4 Å². The molecule has 0 saturated carbocycles. The second kappa shape index (κ2) is 31.9. The third kappa shape index (κ3) is 22.9. The van der Waals surface area contributed by atoms with Gasteiger partial charge in [0.05, 0.1) is 37.1 Å². The van der Waals surface area contributed by atoms with E-state index in [1.54, 1.807) is 41.5 Å². The molecule has 16 N–H and O–H groups in total. The van der Waals surface area contributed by atoms with E-state index in [9.17, 15) is 67.7 Å². The molecule has 408 valence electrons. The molecule has 0 aromatic rings. The highest BCUT2D eigenvalue weighted by atomic mass is 16.4. The van der Waals surface area contributed by atoms with Crippen molar-refractivity contribution < 1.29 is 72.9 Å². The lowest BCUT2D eigenvalue weighted by Gasteiger charge is -2.30. The lowest BCUT2D eigenvalue weighted by molar-refractivity contribution is -0.143. The van der Waals surface area contributed by atoms with Gasteiger partial charge in [-0.05, 0) is 82.6 Å². The van der Waals surface area contributed by atoms with E-state index in [1.165, 1.54) is 11.8 Å². The summed E-state index contributed by atoms with van der Waals surface area (Å²) in [6.45, 7) is 11.6. The van der Waals surface area contributed by atoms with E-state index in [-0.39, 0.29) is 38.1 Å². The zero-order chi connectivity index (χ0) is 55.0. The second-order valence-corrected chi connectivity index (χ2v) is 19.3. The van der Waals surface area contributed by atoms with Gasteiger partial charge in [-0.25, -0.2) is 0 Å². The van der Waals surface area contributed by atoms with Crippen molar-refractivity contribution >= 4 is 71.4 Å². The van der Waals surface area contributed by atoms with Gasteiger partial charge < -0.3 is 79.4 Å². The number of hydrogen-bond donors (Lipinski definition) is 13. The zero-order valence-electron chi connectivity index (χ0n) is 42.4. The van der Waals surface area contributed by atoms with Gasteiger partial charge in [0.1, 0.15) is 42.5 Å². The SMILES string of the molecule is CC(C)C[C@H](NC(=O)[C@H](CC(N)=O)NC(=O)[C@@H](NC(=O)[C@@H](N)CCC(=O)O)C(C)C)[C@@H](O)CC(=O)N[C@H](C(=O)N[C@@H](C)C(=O)N[C@@H](CCC(=O)O)C(=O)N1CCC[C@@H]1C(=O)N[C@H](C=O)CCCCN)C(C)C. The van der Waals surface area contributed by atoms with Crippen LogP contribution in [0.4, 0.5) is 0 Å². The molecule has 0 aromatic carbocycles. The maximum absolute atomic E-state index is 13.9. The maximum atomic E-state index is 13.9. The fourth-order valence-corrected chi connectivity index (χ4v) is 7.74.